The summed E-state index contributed by atoms with van der Waals surface area (Å²) in [5, 5.41) is 9.58. The molecule has 7 nitrogen and oxygen atoms in total. The van der Waals surface area contributed by atoms with Crippen LogP contribution in [0.1, 0.15) is 39.1 Å². The molecule has 0 fully saturated rings. The summed E-state index contributed by atoms with van der Waals surface area (Å²) >= 11 is 0. The molecule has 0 aliphatic rings. The highest BCUT2D eigenvalue weighted by Crippen LogP contribution is 2.29. The van der Waals surface area contributed by atoms with Gasteiger partial charge in [-0.15, -0.1) is 0 Å². The minimum absolute atomic E-state index is 0.261. The number of fused-ring (bicyclic) bond motifs is 1. The summed E-state index contributed by atoms with van der Waals surface area (Å²) in [4.78, 5) is 22.2. The molecule has 2 heterocycles. The number of hydrogen-bond acceptors (Lipinski definition) is 5. The van der Waals surface area contributed by atoms with E-state index in [9.17, 15) is 9.90 Å². The number of carboxylic acid groups (broad SMARTS) is 1. The molecule has 2 aromatic heterocycles. The first kappa shape index (κ1) is 20.4. The standard InChI is InChI=1S/C22H25N3O4/c1-6-28-14(2)20-23-17-10-11-29-19(17)18(24-20)16-9-7-8-15(12-16)13-25(21(26)27)22(3,4)5/h7-12H,2,6,13H2,1,3-5H3,(H,26,27). The van der Waals surface area contributed by atoms with Gasteiger partial charge in [-0.1, -0.05) is 24.8 Å². The summed E-state index contributed by atoms with van der Waals surface area (Å²) in [7, 11) is 0. The second-order valence-corrected chi connectivity index (χ2v) is 7.63. The molecule has 0 saturated heterocycles. The Balaban J connectivity index is 2.04. The van der Waals surface area contributed by atoms with Crippen LogP contribution in [0.2, 0.25) is 0 Å². The number of benzene rings is 1. The molecule has 29 heavy (non-hydrogen) atoms. The van der Waals surface area contributed by atoms with E-state index in [1.54, 1.807) is 12.3 Å². The Hall–Kier alpha value is -3.35. The maximum Gasteiger partial charge on any atom is 0.408 e. The molecule has 0 unspecified atom stereocenters. The number of aromatic nitrogens is 2. The fourth-order valence-electron chi connectivity index (χ4n) is 3.01. The van der Waals surface area contributed by atoms with Gasteiger partial charge in [-0.2, -0.15) is 0 Å². The van der Waals surface area contributed by atoms with E-state index in [-0.39, 0.29) is 6.54 Å². The Kier molecular flexibility index (Phi) is 5.59. The molecular formula is C22H25N3O4. The number of furan rings is 1. The lowest BCUT2D eigenvalue weighted by atomic mass is 10.0. The summed E-state index contributed by atoms with van der Waals surface area (Å²) < 4.78 is 11.1. The van der Waals surface area contributed by atoms with Crippen LogP contribution in [0.3, 0.4) is 0 Å². The summed E-state index contributed by atoms with van der Waals surface area (Å²) in [5.41, 5.74) is 2.94. The third kappa shape index (κ3) is 4.39. The van der Waals surface area contributed by atoms with Crippen LogP contribution in [0, 0.1) is 0 Å². The van der Waals surface area contributed by atoms with Gasteiger partial charge in [0.1, 0.15) is 11.2 Å². The number of hydrogen-bond donors (Lipinski definition) is 1. The molecule has 0 radical (unpaired) electrons. The largest absolute Gasteiger partial charge is 0.491 e. The molecule has 1 N–H and O–H groups in total. The van der Waals surface area contributed by atoms with E-state index in [0.29, 0.717) is 35.0 Å². The van der Waals surface area contributed by atoms with Crippen LogP contribution in [0.15, 0.2) is 47.6 Å². The molecule has 0 aliphatic carbocycles. The van der Waals surface area contributed by atoms with Crippen molar-refractivity contribution in [1.82, 2.24) is 14.9 Å². The lowest BCUT2D eigenvalue weighted by Gasteiger charge is -2.33. The van der Waals surface area contributed by atoms with E-state index >= 15 is 0 Å². The predicted octanol–water partition coefficient (Wildman–Crippen LogP) is 5.18. The van der Waals surface area contributed by atoms with Crippen molar-refractivity contribution in [2.45, 2.75) is 39.8 Å². The van der Waals surface area contributed by atoms with Crippen molar-refractivity contribution in [2.75, 3.05) is 6.61 Å². The molecular weight excluding hydrogens is 370 g/mol. The molecule has 0 atom stereocenters. The Morgan fingerprint density at radius 3 is 2.69 bits per heavy atom. The molecule has 3 rings (SSSR count). The quantitative estimate of drug-likeness (QED) is 0.579. The first-order chi connectivity index (χ1) is 13.7. The van der Waals surface area contributed by atoms with Crippen LogP contribution < -0.4 is 0 Å². The first-order valence-corrected chi connectivity index (χ1v) is 9.38. The Morgan fingerprint density at radius 2 is 2.03 bits per heavy atom. The van der Waals surface area contributed by atoms with E-state index in [1.807, 2.05) is 52.0 Å². The van der Waals surface area contributed by atoms with Crippen LogP contribution in [0.5, 0.6) is 0 Å². The average Bonchev–Trinajstić information content (AvgIpc) is 3.13. The summed E-state index contributed by atoms with van der Waals surface area (Å²) in [6.07, 6.45) is 0.597. The van der Waals surface area contributed by atoms with Crippen molar-refractivity contribution in [1.29, 1.82) is 0 Å². The van der Waals surface area contributed by atoms with Gasteiger partial charge in [-0.25, -0.2) is 14.8 Å². The lowest BCUT2D eigenvalue weighted by Crippen LogP contribution is -2.44. The average molecular weight is 395 g/mol. The zero-order chi connectivity index (χ0) is 21.2. The lowest BCUT2D eigenvalue weighted by molar-refractivity contribution is 0.0955. The van der Waals surface area contributed by atoms with Crippen molar-refractivity contribution < 1.29 is 19.1 Å². The number of ether oxygens (including phenoxy) is 1. The van der Waals surface area contributed by atoms with Crippen molar-refractivity contribution in [3.8, 4) is 11.3 Å². The molecule has 152 valence electrons. The number of rotatable bonds is 6. The fourth-order valence-corrected chi connectivity index (χ4v) is 3.01. The van der Waals surface area contributed by atoms with Gasteiger partial charge in [-0.05, 0) is 39.3 Å². The highest BCUT2D eigenvalue weighted by atomic mass is 16.5. The molecule has 0 spiro atoms. The monoisotopic (exact) mass is 395 g/mol. The molecule has 0 aliphatic heterocycles. The smallest absolute Gasteiger partial charge is 0.408 e. The van der Waals surface area contributed by atoms with Crippen molar-refractivity contribution in [3.63, 3.8) is 0 Å². The zero-order valence-electron chi connectivity index (χ0n) is 17.1. The first-order valence-electron chi connectivity index (χ1n) is 9.38. The van der Waals surface area contributed by atoms with Gasteiger partial charge in [0.2, 0.25) is 0 Å². The second-order valence-electron chi connectivity index (χ2n) is 7.63. The van der Waals surface area contributed by atoms with Crippen LogP contribution in [-0.4, -0.2) is 38.2 Å². The number of carbonyl (C=O) groups is 1. The van der Waals surface area contributed by atoms with Crippen molar-refractivity contribution in [2.24, 2.45) is 0 Å². The highest BCUT2D eigenvalue weighted by Gasteiger charge is 2.26. The molecule has 1 amide bonds. The molecule has 0 bridgehead atoms. The van der Waals surface area contributed by atoms with Crippen molar-refractivity contribution >= 4 is 23.0 Å². The highest BCUT2D eigenvalue weighted by molar-refractivity contribution is 5.88. The Morgan fingerprint density at radius 1 is 1.28 bits per heavy atom. The van der Waals surface area contributed by atoms with Gasteiger partial charge < -0.3 is 14.3 Å². The minimum Gasteiger partial charge on any atom is -0.491 e. The molecule has 7 heteroatoms. The van der Waals surface area contributed by atoms with Crippen LogP contribution in [0.4, 0.5) is 4.79 Å². The van der Waals surface area contributed by atoms with Gasteiger partial charge in [0.15, 0.2) is 17.2 Å². The van der Waals surface area contributed by atoms with Gasteiger partial charge in [0.25, 0.3) is 0 Å². The van der Waals surface area contributed by atoms with E-state index < -0.39 is 11.6 Å². The molecule has 0 saturated carbocycles. The number of nitrogens with zero attached hydrogens (tertiary/aromatic N) is 3. The fraction of sp³-hybridized carbons (Fsp3) is 0.318. The molecule has 1 aromatic carbocycles. The van der Waals surface area contributed by atoms with E-state index in [1.165, 1.54) is 4.90 Å². The van der Waals surface area contributed by atoms with Gasteiger partial charge in [0, 0.05) is 23.7 Å². The maximum atomic E-state index is 11.7. The van der Waals surface area contributed by atoms with Gasteiger partial charge in [-0.3, -0.25) is 4.90 Å². The Labute approximate surface area is 169 Å². The summed E-state index contributed by atoms with van der Waals surface area (Å²) in [6, 6.07) is 9.36. The van der Waals surface area contributed by atoms with Crippen molar-refractivity contribution in [3.05, 3.63) is 54.6 Å². The van der Waals surface area contributed by atoms with Crippen LogP contribution in [-0.2, 0) is 11.3 Å². The topological polar surface area (TPSA) is 88.7 Å². The second kappa shape index (κ2) is 7.95. The third-order valence-corrected chi connectivity index (χ3v) is 4.45. The normalized spacial score (nSPS) is 11.4. The molecule has 3 aromatic rings. The van der Waals surface area contributed by atoms with Crippen LogP contribution >= 0.6 is 0 Å². The zero-order valence-corrected chi connectivity index (χ0v) is 17.1. The van der Waals surface area contributed by atoms with E-state index in [4.69, 9.17) is 9.15 Å². The van der Waals surface area contributed by atoms with Gasteiger partial charge >= 0.3 is 6.09 Å². The third-order valence-electron chi connectivity index (χ3n) is 4.45. The predicted molar refractivity (Wildman–Crippen MR) is 111 cm³/mol. The van der Waals surface area contributed by atoms with E-state index in [0.717, 1.165) is 11.1 Å². The Bertz CT molecular complexity index is 1050. The van der Waals surface area contributed by atoms with Gasteiger partial charge in [0.05, 0.1) is 12.9 Å². The summed E-state index contributed by atoms with van der Waals surface area (Å²) in [5.74, 6) is 0.779. The van der Waals surface area contributed by atoms with E-state index in [2.05, 4.69) is 16.5 Å². The minimum atomic E-state index is -0.964. The maximum absolute atomic E-state index is 11.7. The number of amides is 1. The SMILES string of the molecule is C=C(OCC)c1nc(-c2cccc(CN(C(=O)O)C(C)(C)C)c2)c2occc2n1. The van der Waals surface area contributed by atoms with Crippen LogP contribution in [0.25, 0.3) is 28.1 Å². The summed E-state index contributed by atoms with van der Waals surface area (Å²) in [6.45, 7) is 12.1.